The molecule has 1 rings (SSSR count). The minimum Gasteiger partial charge on any atom is -0.299 e. The average molecular weight is 272 g/mol. The number of nitro groups is 1. The first-order chi connectivity index (χ1) is 7.04. The second-order valence-electron chi connectivity index (χ2n) is 3.10. The molecule has 0 aliphatic heterocycles. The van der Waals surface area contributed by atoms with Crippen molar-refractivity contribution in [1.29, 1.82) is 0 Å². The molecule has 0 aliphatic rings. The summed E-state index contributed by atoms with van der Waals surface area (Å²) in [5.74, 6) is 0.115. The van der Waals surface area contributed by atoms with Gasteiger partial charge in [0, 0.05) is 29.4 Å². The molecule has 0 bridgehead atoms. The smallest absolute Gasteiger partial charge is 0.270 e. The summed E-state index contributed by atoms with van der Waals surface area (Å²) >= 11 is 3.22. The van der Waals surface area contributed by atoms with Crippen LogP contribution in [0, 0.1) is 10.1 Å². The highest BCUT2D eigenvalue weighted by atomic mass is 79.9. The minimum atomic E-state index is -0.462. The Morgan fingerprint density at radius 1 is 1.53 bits per heavy atom. The van der Waals surface area contributed by atoms with Crippen molar-refractivity contribution in [3.8, 4) is 0 Å². The molecular weight excluding hydrogens is 262 g/mol. The van der Waals surface area contributed by atoms with E-state index in [1.165, 1.54) is 12.1 Å². The predicted molar refractivity (Wildman–Crippen MR) is 59.8 cm³/mol. The van der Waals surface area contributed by atoms with Gasteiger partial charge in [-0.1, -0.05) is 28.9 Å². The first-order valence-corrected chi connectivity index (χ1v) is 5.28. The van der Waals surface area contributed by atoms with Crippen LogP contribution in [-0.2, 0) is 11.2 Å². The average Bonchev–Trinajstić information content (AvgIpc) is 2.20. The molecule has 15 heavy (non-hydrogen) atoms. The van der Waals surface area contributed by atoms with Crippen LogP contribution in [0.25, 0.3) is 0 Å². The van der Waals surface area contributed by atoms with Crippen LogP contribution in [-0.4, -0.2) is 10.7 Å². The van der Waals surface area contributed by atoms with Gasteiger partial charge >= 0.3 is 0 Å². The largest absolute Gasteiger partial charge is 0.299 e. The molecule has 0 fully saturated rings. The van der Waals surface area contributed by atoms with Crippen LogP contribution in [0.5, 0.6) is 0 Å². The molecule has 0 unspecified atom stereocenters. The van der Waals surface area contributed by atoms with Gasteiger partial charge in [0.2, 0.25) is 0 Å². The minimum absolute atomic E-state index is 0.0228. The van der Waals surface area contributed by atoms with Gasteiger partial charge in [-0.2, -0.15) is 0 Å². The van der Waals surface area contributed by atoms with Crippen LogP contribution in [0.4, 0.5) is 5.69 Å². The molecular formula is C10H10BrNO3. The van der Waals surface area contributed by atoms with Crippen LogP contribution < -0.4 is 0 Å². The second-order valence-corrected chi connectivity index (χ2v) is 3.96. The van der Waals surface area contributed by atoms with E-state index in [9.17, 15) is 14.9 Å². The molecule has 1 aromatic rings. The fourth-order valence-corrected chi connectivity index (χ4v) is 1.64. The van der Waals surface area contributed by atoms with Crippen LogP contribution >= 0.6 is 15.9 Å². The monoisotopic (exact) mass is 271 g/mol. The van der Waals surface area contributed by atoms with Crippen LogP contribution in [0.15, 0.2) is 22.7 Å². The lowest BCUT2D eigenvalue weighted by molar-refractivity contribution is -0.384. The van der Waals surface area contributed by atoms with Crippen molar-refractivity contribution < 1.29 is 9.72 Å². The second kappa shape index (κ2) is 5.02. The molecule has 0 amide bonds. The van der Waals surface area contributed by atoms with Gasteiger partial charge in [-0.3, -0.25) is 14.9 Å². The van der Waals surface area contributed by atoms with Crippen molar-refractivity contribution in [2.45, 2.75) is 19.8 Å². The summed E-state index contributed by atoms with van der Waals surface area (Å²) in [6.45, 7) is 1.79. The molecule has 0 N–H and O–H groups in total. The number of ketones is 1. The normalized spacial score (nSPS) is 10.0. The Balaban J connectivity index is 2.93. The van der Waals surface area contributed by atoms with Gasteiger partial charge in [0.15, 0.2) is 0 Å². The van der Waals surface area contributed by atoms with E-state index < -0.39 is 4.92 Å². The Labute approximate surface area is 95.6 Å². The van der Waals surface area contributed by atoms with E-state index in [-0.39, 0.29) is 11.5 Å². The topological polar surface area (TPSA) is 60.2 Å². The van der Waals surface area contributed by atoms with Gasteiger partial charge in [0.1, 0.15) is 5.78 Å². The van der Waals surface area contributed by atoms with Crippen LogP contribution in [0.2, 0.25) is 0 Å². The zero-order valence-electron chi connectivity index (χ0n) is 8.20. The molecule has 0 heterocycles. The quantitative estimate of drug-likeness (QED) is 0.625. The van der Waals surface area contributed by atoms with Crippen molar-refractivity contribution in [3.63, 3.8) is 0 Å². The number of carbonyl (C=O) groups is 1. The molecule has 0 radical (unpaired) electrons. The number of carbonyl (C=O) groups excluding carboxylic acids is 1. The first-order valence-electron chi connectivity index (χ1n) is 4.49. The summed E-state index contributed by atoms with van der Waals surface area (Å²) in [7, 11) is 0. The van der Waals surface area contributed by atoms with Gasteiger partial charge in [0.25, 0.3) is 5.69 Å². The van der Waals surface area contributed by atoms with Crippen molar-refractivity contribution in [2.75, 3.05) is 0 Å². The highest BCUT2D eigenvalue weighted by molar-refractivity contribution is 9.10. The zero-order valence-corrected chi connectivity index (χ0v) is 9.78. The number of hydrogen-bond donors (Lipinski definition) is 0. The molecule has 0 aliphatic carbocycles. The van der Waals surface area contributed by atoms with Gasteiger partial charge in [0.05, 0.1) is 4.92 Å². The maximum Gasteiger partial charge on any atom is 0.270 e. The molecule has 0 atom stereocenters. The van der Waals surface area contributed by atoms with Crippen molar-refractivity contribution in [3.05, 3.63) is 38.3 Å². The van der Waals surface area contributed by atoms with E-state index in [0.717, 1.165) is 5.56 Å². The molecule has 5 heteroatoms. The molecule has 1 aromatic carbocycles. The number of rotatable bonds is 4. The third-order valence-corrected chi connectivity index (χ3v) is 2.77. The van der Waals surface area contributed by atoms with E-state index >= 15 is 0 Å². The van der Waals surface area contributed by atoms with Gasteiger partial charge in [-0.05, 0) is 5.56 Å². The van der Waals surface area contributed by atoms with Gasteiger partial charge in [-0.25, -0.2) is 0 Å². The van der Waals surface area contributed by atoms with Gasteiger partial charge in [-0.15, -0.1) is 0 Å². The number of non-ortho nitro benzene ring substituents is 1. The third kappa shape index (κ3) is 3.13. The maximum absolute atomic E-state index is 11.2. The van der Waals surface area contributed by atoms with Crippen LogP contribution in [0.1, 0.15) is 18.9 Å². The van der Waals surface area contributed by atoms with E-state index in [4.69, 9.17) is 0 Å². The van der Waals surface area contributed by atoms with E-state index in [1.54, 1.807) is 13.0 Å². The summed E-state index contributed by atoms with van der Waals surface area (Å²) in [5, 5.41) is 10.5. The summed E-state index contributed by atoms with van der Waals surface area (Å²) in [5.41, 5.74) is 0.807. The zero-order chi connectivity index (χ0) is 11.4. The summed E-state index contributed by atoms with van der Waals surface area (Å²) in [6, 6.07) is 4.43. The number of benzene rings is 1. The van der Waals surface area contributed by atoms with E-state index in [1.807, 2.05) is 0 Å². The van der Waals surface area contributed by atoms with Crippen molar-refractivity contribution in [2.24, 2.45) is 0 Å². The van der Waals surface area contributed by atoms with Crippen molar-refractivity contribution in [1.82, 2.24) is 0 Å². The summed E-state index contributed by atoms with van der Waals surface area (Å²) < 4.78 is 0.610. The fourth-order valence-electron chi connectivity index (χ4n) is 1.13. The molecule has 80 valence electrons. The lowest BCUT2D eigenvalue weighted by Gasteiger charge is -2.02. The molecule has 4 nitrogen and oxygen atoms in total. The Morgan fingerprint density at radius 2 is 2.20 bits per heavy atom. The van der Waals surface area contributed by atoms with E-state index in [2.05, 4.69) is 15.9 Å². The standard InChI is InChI=1S/C10H10BrNO3/c1-2-9(13)5-7-3-4-8(12(14)15)6-10(7)11/h3-4,6H,2,5H2,1H3. The Hall–Kier alpha value is -1.23. The number of nitrogens with zero attached hydrogens (tertiary/aromatic N) is 1. The first kappa shape index (κ1) is 11.8. The third-order valence-electron chi connectivity index (χ3n) is 2.03. The molecule has 0 aromatic heterocycles. The Morgan fingerprint density at radius 3 is 2.67 bits per heavy atom. The van der Waals surface area contributed by atoms with E-state index in [0.29, 0.717) is 17.3 Å². The van der Waals surface area contributed by atoms with Crippen LogP contribution in [0.3, 0.4) is 0 Å². The Bertz CT molecular complexity index is 404. The highest BCUT2D eigenvalue weighted by Gasteiger charge is 2.10. The van der Waals surface area contributed by atoms with Gasteiger partial charge < -0.3 is 0 Å². The highest BCUT2D eigenvalue weighted by Crippen LogP contribution is 2.23. The number of nitro benzene ring substituents is 1. The molecule has 0 spiro atoms. The number of hydrogen-bond acceptors (Lipinski definition) is 3. The SMILES string of the molecule is CCC(=O)Cc1ccc([N+](=O)[O-])cc1Br. The lowest BCUT2D eigenvalue weighted by Crippen LogP contribution is -2.01. The van der Waals surface area contributed by atoms with Crippen molar-refractivity contribution >= 4 is 27.4 Å². The predicted octanol–water partition coefficient (Wildman–Crippen LogP) is 2.88. The number of Topliss-reactive ketones (excluding diaryl/α,β-unsaturated/α-hetero) is 1. The fraction of sp³-hybridized carbons (Fsp3) is 0.300. The molecule has 0 saturated carbocycles. The summed E-state index contributed by atoms with van der Waals surface area (Å²) in [4.78, 5) is 21.2. The lowest BCUT2D eigenvalue weighted by atomic mass is 10.1. The Kier molecular flexibility index (Phi) is 3.96. The molecule has 0 saturated heterocycles. The maximum atomic E-state index is 11.2. The summed E-state index contributed by atoms with van der Waals surface area (Å²) in [6.07, 6.45) is 0.790. The number of halogens is 1.